The van der Waals surface area contributed by atoms with E-state index < -0.39 is 6.10 Å². The standard InChI is InChI=1S/C17H23NO2/c1-17(2,3)18-11-15(19)12-20-16-9-8-13-6-4-5-7-14(13)10-16/h4-10,15,18-19H,11-12H2,1-3H3/p+1/t15-/m1/s1. The molecule has 108 valence electrons. The zero-order chi connectivity index (χ0) is 14.6. The van der Waals surface area contributed by atoms with Gasteiger partial charge in [-0.1, -0.05) is 30.3 Å². The van der Waals surface area contributed by atoms with E-state index in [4.69, 9.17) is 4.74 Å². The van der Waals surface area contributed by atoms with Crippen molar-refractivity contribution in [2.24, 2.45) is 0 Å². The van der Waals surface area contributed by atoms with Crippen molar-refractivity contribution in [3.63, 3.8) is 0 Å². The smallest absolute Gasteiger partial charge is 0.137 e. The summed E-state index contributed by atoms with van der Waals surface area (Å²) in [7, 11) is 0. The average molecular weight is 274 g/mol. The molecule has 0 fully saturated rings. The summed E-state index contributed by atoms with van der Waals surface area (Å²) >= 11 is 0. The van der Waals surface area contributed by atoms with Crippen LogP contribution in [0, 0.1) is 0 Å². The molecule has 2 aromatic carbocycles. The third-order valence-corrected chi connectivity index (χ3v) is 3.17. The molecule has 0 heterocycles. The first-order valence-electron chi connectivity index (χ1n) is 7.08. The van der Waals surface area contributed by atoms with Gasteiger partial charge in [-0.15, -0.1) is 0 Å². The molecule has 0 aliphatic heterocycles. The van der Waals surface area contributed by atoms with Crippen LogP contribution in [0.25, 0.3) is 10.8 Å². The van der Waals surface area contributed by atoms with Crippen molar-refractivity contribution < 1.29 is 15.2 Å². The Morgan fingerprint density at radius 1 is 1.10 bits per heavy atom. The Hall–Kier alpha value is -1.58. The second-order valence-electron chi connectivity index (χ2n) is 6.28. The number of rotatable bonds is 5. The zero-order valence-corrected chi connectivity index (χ0v) is 12.5. The quantitative estimate of drug-likeness (QED) is 0.875. The molecular formula is C17H24NO2+. The molecule has 1 atom stereocenters. The summed E-state index contributed by atoms with van der Waals surface area (Å²) in [6.45, 7) is 7.36. The van der Waals surface area contributed by atoms with Gasteiger partial charge in [-0.25, -0.2) is 0 Å². The first-order valence-corrected chi connectivity index (χ1v) is 7.08. The van der Waals surface area contributed by atoms with Gasteiger partial charge < -0.3 is 15.2 Å². The van der Waals surface area contributed by atoms with Crippen LogP contribution < -0.4 is 10.1 Å². The number of hydrogen-bond donors (Lipinski definition) is 2. The van der Waals surface area contributed by atoms with Crippen LogP contribution in [0.3, 0.4) is 0 Å². The van der Waals surface area contributed by atoms with Crippen LogP contribution in [-0.2, 0) is 0 Å². The summed E-state index contributed by atoms with van der Waals surface area (Å²) in [5.74, 6) is 0.804. The van der Waals surface area contributed by atoms with E-state index in [0.29, 0.717) is 13.2 Å². The minimum atomic E-state index is -0.458. The van der Waals surface area contributed by atoms with Crippen molar-refractivity contribution in [2.45, 2.75) is 32.4 Å². The Balaban J connectivity index is 1.89. The molecule has 0 spiro atoms. The van der Waals surface area contributed by atoms with Crippen LogP contribution in [0.1, 0.15) is 20.8 Å². The SMILES string of the molecule is CC(C)(C)[NH2+]C[C@@H](O)COc1ccc2ccccc2c1. The van der Waals surface area contributed by atoms with Gasteiger partial charge in [-0.2, -0.15) is 0 Å². The molecule has 2 aromatic rings. The van der Waals surface area contributed by atoms with Crippen LogP contribution in [-0.4, -0.2) is 29.9 Å². The Kier molecular flexibility index (Phi) is 4.63. The number of quaternary nitrogens is 1. The largest absolute Gasteiger partial charge is 0.491 e. The minimum absolute atomic E-state index is 0.129. The van der Waals surface area contributed by atoms with Gasteiger partial charge in [-0.3, -0.25) is 0 Å². The number of hydrogen-bond acceptors (Lipinski definition) is 2. The molecule has 2 rings (SSSR count). The predicted molar refractivity (Wildman–Crippen MR) is 82.0 cm³/mol. The van der Waals surface area contributed by atoms with Crippen molar-refractivity contribution in [2.75, 3.05) is 13.2 Å². The lowest BCUT2D eigenvalue weighted by atomic mass is 10.1. The number of aliphatic hydroxyl groups is 1. The fourth-order valence-electron chi connectivity index (χ4n) is 2.01. The molecule has 0 amide bonds. The van der Waals surface area contributed by atoms with E-state index in [1.165, 1.54) is 5.39 Å². The third kappa shape index (κ3) is 4.51. The predicted octanol–water partition coefficient (Wildman–Crippen LogP) is 1.94. The number of fused-ring (bicyclic) bond motifs is 1. The molecule has 3 N–H and O–H groups in total. The highest BCUT2D eigenvalue weighted by atomic mass is 16.5. The number of nitrogens with two attached hydrogens (primary N) is 1. The van der Waals surface area contributed by atoms with E-state index in [1.807, 2.05) is 30.3 Å². The first-order chi connectivity index (χ1) is 9.44. The zero-order valence-electron chi connectivity index (χ0n) is 12.5. The van der Waals surface area contributed by atoms with Gasteiger partial charge >= 0.3 is 0 Å². The summed E-state index contributed by atoms with van der Waals surface area (Å²) in [5.41, 5.74) is 0.129. The molecular weight excluding hydrogens is 250 g/mol. The summed E-state index contributed by atoms with van der Waals surface area (Å²) < 4.78 is 5.67. The fraction of sp³-hybridized carbons (Fsp3) is 0.412. The van der Waals surface area contributed by atoms with Crippen molar-refractivity contribution in [1.82, 2.24) is 0 Å². The molecule has 0 aromatic heterocycles. The maximum absolute atomic E-state index is 9.93. The van der Waals surface area contributed by atoms with Crippen LogP contribution in [0.4, 0.5) is 0 Å². The Bertz CT molecular complexity index is 560. The molecule has 20 heavy (non-hydrogen) atoms. The Morgan fingerprint density at radius 2 is 1.80 bits per heavy atom. The Morgan fingerprint density at radius 3 is 2.50 bits per heavy atom. The first kappa shape index (κ1) is 14.8. The maximum atomic E-state index is 9.93. The molecule has 3 heteroatoms. The van der Waals surface area contributed by atoms with E-state index in [-0.39, 0.29) is 5.54 Å². The third-order valence-electron chi connectivity index (χ3n) is 3.17. The van der Waals surface area contributed by atoms with E-state index in [2.05, 4.69) is 38.2 Å². The van der Waals surface area contributed by atoms with Crippen molar-refractivity contribution >= 4 is 10.8 Å². The van der Waals surface area contributed by atoms with Gasteiger partial charge in [-0.05, 0) is 43.7 Å². The van der Waals surface area contributed by atoms with E-state index in [1.54, 1.807) is 0 Å². The second-order valence-corrected chi connectivity index (χ2v) is 6.28. The molecule has 0 aliphatic carbocycles. The summed E-state index contributed by atoms with van der Waals surface area (Å²) in [6.07, 6.45) is -0.458. The van der Waals surface area contributed by atoms with Gasteiger partial charge in [0, 0.05) is 0 Å². The van der Waals surface area contributed by atoms with E-state index >= 15 is 0 Å². The lowest BCUT2D eigenvalue weighted by molar-refractivity contribution is -0.722. The number of ether oxygens (including phenoxy) is 1. The average Bonchev–Trinajstić information content (AvgIpc) is 2.42. The summed E-state index contributed by atoms with van der Waals surface area (Å²) in [4.78, 5) is 0. The normalized spacial score (nSPS) is 13.4. The van der Waals surface area contributed by atoms with Crippen molar-refractivity contribution in [1.29, 1.82) is 0 Å². The van der Waals surface area contributed by atoms with E-state index in [9.17, 15) is 5.11 Å². The second kappa shape index (κ2) is 6.25. The molecule has 0 radical (unpaired) electrons. The fourth-order valence-corrected chi connectivity index (χ4v) is 2.01. The van der Waals surface area contributed by atoms with Crippen LogP contribution in [0.15, 0.2) is 42.5 Å². The van der Waals surface area contributed by atoms with Crippen LogP contribution >= 0.6 is 0 Å². The molecule has 3 nitrogen and oxygen atoms in total. The van der Waals surface area contributed by atoms with Crippen LogP contribution in [0.2, 0.25) is 0 Å². The van der Waals surface area contributed by atoms with Gasteiger partial charge in [0.25, 0.3) is 0 Å². The van der Waals surface area contributed by atoms with Gasteiger partial charge in [0.2, 0.25) is 0 Å². The summed E-state index contributed by atoms with van der Waals surface area (Å²) in [5, 5.41) is 14.4. The lowest BCUT2D eigenvalue weighted by Crippen LogP contribution is -2.96. The van der Waals surface area contributed by atoms with Crippen molar-refractivity contribution in [3.05, 3.63) is 42.5 Å². The number of aliphatic hydroxyl groups excluding tert-OH is 1. The Labute approximate surface area is 120 Å². The highest BCUT2D eigenvalue weighted by Gasteiger charge is 2.16. The molecule has 0 saturated carbocycles. The maximum Gasteiger partial charge on any atom is 0.137 e. The molecule has 0 aliphatic rings. The molecule has 0 bridgehead atoms. The van der Waals surface area contributed by atoms with E-state index in [0.717, 1.165) is 11.1 Å². The van der Waals surface area contributed by atoms with Crippen LogP contribution in [0.5, 0.6) is 5.75 Å². The summed E-state index contributed by atoms with van der Waals surface area (Å²) in [6, 6.07) is 14.2. The highest BCUT2D eigenvalue weighted by Crippen LogP contribution is 2.20. The van der Waals surface area contributed by atoms with Crippen molar-refractivity contribution in [3.8, 4) is 5.75 Å². The number of benzene rings is 2. The van der Waals surface area contributed by atoms with Gasteiger partial charge in [0.05, 0.1) is 5.54 Å². The lowest BCUT2D eigenvalue weighted by Gasteiger charge is -2.19. The van der Waals surface area contributed by atoms with Gasteiger partial charge in [0.15, 0.2) is 0 Å². The topological polar surface area (TPSA) is 46.1 Å². The minimum Gasteiger partial charge on any atom is -0.491 e. The molecule has 0 saturated heterocycles. The highest BCUT2D eigenvalue weighted by molar-refractivity contribution is 5.83. The molecule has 0 unspecified atom stereocenters. The van der Waals surface area contributed by atoms with Gasteiger partial charge in [0.1, 0.15) is 25.0 Å². The monoisotopic (exact) mass is 274 g/mol.